The number of fused-ring (bicyclic) bond motifs is 1. The lowest BCUT2D eigenvalue weighted by atomic mass is 9.87. The molecule has 0 aliphatic carbocycles. The highest BCUT2D eigenvalue weighted by atomic mass is 16.4. The largest absolute Gasteiger partial charge is 0.478 e. The van der Waals surface area contributed by atoms with Gasteiger partial charge in [-0.3, -0.25) is 0 Å². The van der Waals surface area contributed by atoms with Gasteiger partial charge >= 0.3 is 5.97 Å². The monoisotopic (exact) mass is 256 g/mol. The van der Waals surface area contributed by atoms with Crippen molar-refractivity contribution in [3.05, 3.63) is 47.0 Å². The first-order chi connectivity index (χ1) is 8.91. The van der Waals surface area contributed by atoms with Crippen molar-refractivity contribution < 1.29 is 9.90 Å². The highest BCUT2D eigenvalue weighted by molar-refractivity contribution is 5.97. The minimum absolute atomic E-state index is 0.307. The molecule has 0 aliphatic rings. The number of hydrogen-bond donors (Lipinski definition) is 1. The van der Waals surface area contributed by atoms with Gasteiger partial charge in [0.1, 0.15) is 0 Å². The maximum Gasteiger partial charge on any atom is 0.335 e. The SMILES string of the molecule is CC(C)c1cccc2cc(C(=O)O)cc(C(C)C)c12. The van der Waals surface area contributed by atoms with Gasteiger partial charge in [0.2, 0.25) is 0 Å². The van der Waals surface area contributed by atoms with Gasteiger partial charge in [-0.2, -0.15) is 0 Å². The Morgan fingerprint density at radius 1 is 1.00 bits per heavy atom. The molecule has 0 fully saturated rings. The topological polar surface area (TPSA) is 37.3 Å². The molecule has 19 heavy (non-hydrogen) atoms. The normalized spacial score (nSPS) is 11.5. The molecule has 0 amide bonds. The number of aromatic carboxylic acids is 1. The molecule has 2 rings (SSSR count). The van der Waals surface area contributed by atoms with Crippen LogP contribution in [0.4, 0.5) is 0 Å². The van der Waals surface area contributed by atoms with Crippen molar-refractivity contribution in [3.8, 4) is 0 Å². The summed E-state index contributed by atoms with van der Waals surface area (Å²) in [6.07, 6.45) is 0. The van der Waals surface area contributed by atoms with Crippen molar-refractivity contribution in [3.63, 3.8) is 0 Å². The van der Waals surface area contributed by atoms with Gasteiger partial charge in [0.05, 0.1) is 5.56 Å². The van der Waals surface area contributed by atoms with E-state index in [1.165, 1.54) is 10.9 Å². The summed E-state index contributed by atoms with van der Waals surface area (Å²) < 4.78 is 0. The smallest absolute Gasteiger partial charge is 0.335 e. The fraction of sp³-hybridized carbons (Fsp3) is 0.353. The molecule has 0 aliphatic heterocycles. The predicted octanol–water partition coefficient (Wildman–Crippen LogP) is 4.78. The van der Waals surface area contributed by atoms with Crippen molar-refractivity contribution in [2.24, 2.45) is 0 Å². The van der Waals surface area contributed by atoms with Crippen LogP contribution in [-0.4, -0.2) is 11.1 Å². The molecule has 0 bridgehead atoms. The molecule has 2 aromatic carbocycles. The van der Waals surface area contributed by atoms with Gasteiger partial charge in [0.15, 0.2) is 0 Å². The molecule has 2 heteroatoms. The van der Waals surface area contributed by atoms with Crippen LogP contribution in [0.25, 0.3) is 10.8 Å². The van der Waals surface area contributed by atoms with Crippen molar-refractivity contribution >= 4 is 16.7 Å². The van der Waals surface area contributed by atoms with Crippen LogP contribution in [0.15, 0.2) is 30.3 Å². The molecule has 0 atom stereocenters. The van der Waals surface area contributed by atoms with Crippen LogP contribution in [0, 0.1) is 0 Å². The fourth-order valence-electron chi connectivity index (χ4n) is 2.55. The summed E-state index contributed by atoms with van der Waals surface area (Å²) in [4.78, 5) is 11.2. The molecule has 0 unspecified atom stereocenters. The Balaban J connectivity index is 2.87. The third-order valence-electron chi connectivity index (χ3n) is 3.53. The molecular formula is C17H20O2. The van der Waals surface area contributed by atoms with Crippen LogP contribution in [0.2, 0.25) is 0 Å². The zero-order valence-corrected chi connectivity index (χ0v) is 11.9. The zero-order valence-electron chi connectivity index (χ0n) is 11.9. The number of carbonyl (C=O) groups is 1. The second-order valence-corrected chi connectivity index (χ2v) is 5.63. The summed E-state index contributed by atoms with van der Waals surface area (Å²) in [5.74, 6) is -0.127. The highest BCUT2D eigenvalue weighted by Gasteiger charge is 2.15. The Morgan fingerprint density at radius 2 is 1.63 bits per heavy atom. The average Bonchev–Trinajstić information content (AvgIpc) is 2.36. The van der Waals surface area contributed by atoms with Gasteiger partial charge in [0, 0.05) is 0 Å². The number of carboxylic acids is 1. The van der Waals surface area contributed by atoms with Crippen LogP contribution < -0.4 is 0 Å². The zero-order chi connectivity index (χ0) is 14.2. The lowest BCUT2D eigenvalue weighted by Gasteiger charge is -2.17. The van der Waals surface area contributed by atoms with Gasteiger partial charge in [-0.05, 0) is 45.9 Å². The summed E-state index contributed by atoms with van der Waals surface area (Å²) in [6, 6.07) is 9.74. The van der Waals surface area contributed by atoms with E-state index in [1.807, 2.05) is 18.2 Å². The molecule has 0 radical (unpaired) electrons. The predicted molar refractivity (Wildman–Crippen MR) is 79.1 cm³/mol. The quantitative estimate of drug-likeness (QED) is 0.857. The first-order valence-corrected chi connectivity index (χ1v) is 6.71. The fourth-order valence-corrected chi connectivity index (χ4v) is 2.55. The molecule has 100 valence electrons. The maximum absolute atomic E-state index is 11.2. The molecular weight excluding hydrogens is 236 g/mol. The lowest BCUT2D eigenvalue weighted by molar-refractivity contribution is 0.0697. The number of carboxylic acid groups (broad SMARTS) is 1. The van der Waals surface area contributed by atoms with E-state index in [1.54, 1.807) is 6.07 Å². The summed E-state index contributed by atoms with van der Waals surface area (Å²) >= 11 is 0. The van der Waals surface area contributed by atoms with Crippen molar-refractivity contribution in [2.75, 3.05) is 0 Å². The van der Waals surface area contributed by atoms with Crippen molar-refractivity contribution in [2.45, 2.75) is 39.5 Å². The van der Waals surface area contributed by atoms with E-state index in [-0.39, 0.29) is 0 Å². The van der Waals surface area contributed by atoms with Gasteiger partial charge < -0.3 is 5.11 Å². The second-order valence-electron chi connectivity index (χ2n) is 5.63. The van der Waals surface area contributed by atoms with Crippen LogP contribution in [-0.2, 0) is 0 Å². The average molecular weight is 256 g/mol. The van der Waals surface area contributed by atoms with E-state index in [4.69, 9.17) is 0 Å². The molecule has 0 spiro atoms. The number of benzene rings is 2. The van der Waals surface area contributed by atoms with Crippen molar-refractivity contribution in [1.29, 1.82) is 0 Å². The van der Waals surface area contributed by atoms with Crippen LogP contribution >= 0.6 is 0 Å². The summed E-state index contributed by atoms with van der Waals surface area (Å²) in [5, 5.41) is 11.5. The molecule has 0 saturated heterocycles. The Kier molecular flexibility index (Phi) is 3.61. The standard InChI is InChI=1S/C17H20O2/c1-10(2)14-7-5-6-12-8-13(17(18)19)9-15(11(3)4)16(12)14/h5-11H,1-4H3,(H,18,19). The van der Waals surface area contributed by atoms with Crippen molar-refractivity contribution in [1.82, 2.24) is 0 Å². The van der Waals surface area contributed by atoms with E-state index in [0.29, 0.717) is 17.4 Å². The van der Waals surface area contributed by atoms with Crippen LogP contribution in [0.5, 0.6) is 0 Å². The van der Waals surface area contributed by atoms with Gasteiger partial charge in [0.25, 0.3) is 0 Å². The minimum Gasteiger partial charge on any atom is -0.478 e. The first kappa shape index (κ1) is 13.6. The molecule has 0 aromatic heterocycles. The number of hydrogen-bond acceptors (Lipinski definition) is 1. The summed E-state index contributed by atoms with van der Waals surface area (Å²) in [7, 11) is 0. The van der Waals surface area contributed by atoms with E-state index in [2.05, 4.69) is 33.8 Å². The van der Waals surface area contributed by atoms with Gasteiger partial charge in [-0.1, -0.05) is 45.9 Å². The third-order valence-corrected chi connectivity index (χ3v) is 3.53. The third kappa shape index (κ3) is 2.48. The van der Waals surface area contributed by atoms with Gasteiger partial charge in [-0.25, -0.2) is 4.79 Å². The van der Waals surface area contributed by atoms with E-state index in [0.717, 1.165) is 10.9 Å². The highest BCUT2D eigenvalue weighted by Crippen LogP contribution is 2.33. The van der Waals surface area contributed by atoms with Crippen LogP contribution in [0.3, 0.4) is 0 Å². The maximum atomic E-state index is 11.2. The van der Waals surface area contributed by atoms with E-state index in [9.17, 15) is 9.90 Å². The Morgan fingerprint density at radius 3 is 2.16 bits per heavy atom. The Bertz CT molecular complexity index is 624. The van der Waals surface area contributed by atoms with E-state index < -0.39 is 5.97 Å². The van der Waals surface area contributed by atoms with Crippen LogP contribution in [0.1, 0.15) is 61.0 Å². The second kappa shape index (κ2) is 5.04. The molecule has 2 aromatic rings. The summed E-state index contributed by atoms with van der Waals surface area (Å²) in [6.45, 7) is 8.56. The summed E-state index contributed by atoms with van der Waals surface area (Å²) in [5.41, 5.74) is 2.79. The first-order valence-electron chi connectivity index (χ1n) is 6.71. The molecule has 0 heterocycles. The Hall–Kier alpha value is -1.83. The Labute approximate surface area is 114 Å². The lowest BCUT2D eigenvalue weighted by Crippen LogP contribution is -2.02. The molecule has 0 saturated carbocycles. The molecule has 1 N–H and O–H groups in total. The number of rotatable bonds is 3. The van der Waals surface area contributed by atoms with E-state index >= 15 is 0 Å². The molecule has 2 nitrogen and oxygen atoms in total. The van der Waals surface area contributed by atoms with Gasteiger partial charge in [-0.15, -0.1) is 0 Å². The minimum atomic E-state index is -0.862.